The Kier molecular flexibility index (Phi) is 2.18. The van der Waals surface area contributed by atoms with Gasteiger partial charge < -0.3 is 9.64 Å². The third-order valence-corrected chi connectivity index (χ3v) is 6.64. The SMILES string of the molecule is Cc1ccc2c3c1OC1[C@@H](C)C=C[C@H]4[C@@H](C2)N(C)CC[C@]314. The summed E-state index contributed by atoms with van der Waals surface area (Å²) in [5, 5.41) is 0. The summed E-state index contributed by atoms with van der Waals surface area (Å²) in [5.41, 5.74) is 4.70. The first-order valence-corrected chi connectivity index (χ1v) is 8.31. The molecule has 0 aromatic heterocycles. The van der Waals surface area contributed by atoms with Crippen molar-refractivity contribution >= 4 is 0 Å². The van der Waals surface area contributed by atoms with Gasteiger partial charge in [-0.15, -0.1) is 0 Å². The number of aryl methyl sites for hydroxylation is 1. The van der Waals surface area contributed by atoms with Gasteiger partial charge in [-0.3, -0.25) is 0 Å². The summed E-state index contributed by atoms with van der Waals surface area (Å²) in [4.78, 5) is 2.58. The molecule has 5 atom stereocenters. The third kappa shape index (κ3) is 1.25. The molecule has 0 N–H and O–H groups in total. The lowest BCUT2D eigenvalue weighted by Crippen LogP contribution is -2.63. The molecule has 2 bridgehead atoms. The molecule has 1 aromatic rings. The largest absolute Gasteiger partial charge is 0.488 e. The highest BCUT2D eigenvalue weighted by Crippen LogP contribution is 2.61. The number of benzene rings is 1. The summed E-state index contributed by atoms with van der Waals surface area (Å²) < 4.78 is 6.59. The number of hydrogen-bond donors (Lipinski definition) is 0. The van der Waals surface area contributed by atoms with Gasteiger partial charge in [0, 0.05) is 28.9 Å². The van der Waals surface area contributed by atoms with Crippen molar-refractivity contribution in [1.82, 2.24) is 4.90 Å². The highest BCUT2D eigenvalue weighted by molar-refractivity contribution is 5.59. The van der Waals surface area contributed by atoms with Gasteiger partial charge in [0.1, 0.15) is 11.9 Å². The van der Waals surface area contributed by atoms with Crippen LogP contribution in [0.3, 0.4) is 0 Å². The van der Waals surface area contributed by atoms with E-state index in [9.17, 15) is 0 Å². The summed E-state index contributed by atoms with van der Waals surface area (Å²) in [6, 6.07) is 5.28. The van der Waals surface area contributed by atoms with Crippen LogP contribution in [-0.4, -0.2) is 30.6 Å². The fourth-order valence-electron chi connectivity index (χ4n) is 5.65. The molecule has 4 aliphatic rings. The molecular weight excluding hydrogens is 258 g/mol. The van der Waals surface area contributed by atoms with Crippen molar-refractivity contribution in [3.8, 4) is 5.75 Å². The van der Waals surface area contributed by atoms with Crippen LogP contribution in [-0.2, 0) is 11.8 Å². The standard InChI is InChI=1S/C19H23NO/c1-11-4-6-13-10-15-14-7-5-12(2)18-19(14,8-9-20(15)3)16(13)17(11)21-18/h4-7,12,14-15,18H,8-10H2,1-3H3/t12-,14-,15+,18?,19-/m0/s1. The molecular formula is C19H23NO. The second kappa shape index (κ2) is 3.73. The zero-order valence-corrected chi connectivity index (χ0v) is 13.1. The maximum Gasteiger partial charge on any atom is 0.126 e. The molecule has 2 heteroatoms. The van der Waals surface area contributed by atoms with E-state index in [0.717, 1.165) is 0 Å². The fraction of sp³-hybridized carbons (Fsp3) is 0.579. The Morgan fingerprint density at radius 3 is 3.00 bits per heavy atom. The Labute approximate surface area is 126 Å². The van der Waals surface area contributed by atoms with Crippen LogP contribution in [0.4, 0.5) is 0 Å². The van der Waals surface area contributed by atoms with Crippen LogP contribution in [0.5, 0.6) is 5.75 Å². The van der Waals surface area contributed by atoms with Crippen LogP contribution in [0.25, 0.3) is 0 Å². The number of rotatable bonds is 0. The second-order valence-electron chi connectivity index (χ2n) is 7.60. The summed E-state index contributed by atoms with van der Waals surface area (Å²) in [7, 11) is 2.30. The van der Waals surface area contributed by atoms with Gasteiger partial charge in [-0.05, 0) is 44.5 Å². The van der Waals surface area contributed by atoms with Crippen LogP contribution in [0, 0.1) is 18.8 Å². The Morgan fingerprint density at radius 1 is 1.29 bits per heavy atom. The number of likely N-dealkylation sites (tertiary alicyclic amines) is 1. The molecule has 1 fully saturated rings. The molecule has 1 saturated heterocycles. The number of piperidine rings is 1. The second-order valence-corrected chi connectivity index (χ2v) is 7.60. The van der Waals surface area contributed by atoms with Crippen molar-refractivity contribution in [2.75, 3.05) is 13.6 Å². The zero-order valence-electron chi connectivity index (χ0n) is 13.1. The normalized spacial score (nSPS) is 42.6. The highest BCUT2D eigenvalue weighted by atomic mass is 16.5. The van der Waals surface area contributed by atoms with E-state index in [2.05, 4.69) is 50.1 Å². The molecule has 1 unspecified atom stereocenters. The van der Waals surface area contributed by atoms with E-state index in [1.807, 2.05) is 0 Å². The zero-order chi connectivity index (χ0) is 14.4. The minimum atomic E-state index is 0.250. The number of nitrogens with zero attached hydrogens (tertiary/aromatic N) is 1. The van der Waals surface area contributed by atoms with Crippen LogP contribution in [0.1, 0.15) is 30.0 Å². The van der Waals surface area contributed by atoms with Gasteiger partial charge >= 0.3 is 0 Å². The summed E-state index contributed by atoms with van der Waals surface area (Å²) in [6.07, 6.45) is 7.70. The van der Waals surface area contributed by atoms with Crippen molar-refractivity contribution in [3.63, 3.8) is 0 Å². The van der Waals surface area contributed by atoms with Crippen molar-refractivity contribution < 1.29 is 4.74 Å². The molecule has 0 saturated carbocycles. The summed E-state index contributed by atoms with van der Waals surface area (Å²) in [5.74, 6) is 2.37. The predicted octanol–water partition coefficient (Wildman–Crippen LogP) is 3.08. The molecule has 5 rings (SSSR count). The monoisotopic (exact) mass is 281 g/mol. The van der Waals surface area contributed by atoms with Crippen molar-refractivity contribution in [3.05, 3.63) is 41.0 Å². The smallest absolute Gasteiger partial charge is 0.126 e. The molecule has 2 aliphatic carbocycles. The Bertz CT molecular complexity index is 664. The number of ether oxygens (including phenoxy) is 1. The topological polar surface area (TPSA) is 12.5 Å². The van der Waals surface area contributed by atoms with Gasteiger partial charge in [-0.25, -0.2) is 0 Å². The lowest BCUT2D eigenvalue weighted by Gasteiger charge is -2.56. The van der Waals surface area contributed by atoms with Gasteiger partial charge in [0.05, 0.1) is 0 Å². The Hall–Kier alpha value is -1.28. The van der Waals surface area contributed by atoms with Crippen LogP contribution < -0.4 is 4.74 Å². The van der Waals surface area contributed by atoms with Gasteiger partial charge in [0.2, 0.25) is 0 Å². The van der Waals surface area contributed by atoms with Crippen LogP contribution in [0.2, 0.25) is 0 Å². The molecule has 2 nitrogen and oxygen atoms in total. The van der Waals surface area contributed by atoms with E-state index in [1.54, 1.807) is 11.1 Å². The molecule has 0 amide bonds. The number of likely N-dealkylation sites (N-methyl/N-ethyl adjacent to an activating group) is 1. The first kappa shape index (κ1) is 12.3. The van der Waals surface area contributed by atoms with Crippen LogP contribution in [0.15, 0.2) is 24.3 Å². The number of hydrogen-bond acceptors (Lipinski definition) is 2. The van der Waals surface area contributed by atoms with Gasteiger partial charge in [-0.2, -0.15) is 0 Å². The van der Waals surface area contributed by atoms with E-state index >= 15 is 0 Å². The minimum absolute atomic E-state index is 0.250. The lowest BCUT2D eigenvalue weighted by atomic mass is 9.52. The van der Waals surface area contributed by atoms with Gasteiger partial charge in [-0.1, -0.05) is 31.2 Å². The van der Waals surface area contributed by atoms with E-state index in [1.165, 1.54) is 30.7 Å². The van der Waals surface area contributed by atoms with Crippen molar-refractivity contribution in [2.45, 2.75) is 44.2 Å². The first-order chi connectivity index (χ1) is 10.1. The van der Waals surface area contributed by atoms with E-state index < -0.39 is 0 Å². The van der Waals surface area contributed by atoms with Crippen molar-refractivity contribution in [1.29, 1.82) is 0 Å². The highest BCUT2D eigenvalue weighted by Gasteiger charge is 2.63. The molecule has 1 spiro atoms. The lowest BCUT2D eigenvalue weighted by molar-refractivity contribution is -0.0142. The average Bonchev–Trinajstić information content (AvgIpc) is 2.83. The predicted molar refractivity (Wildman–Crippen MR) is 83.8 cm³/mol. The maximum absolute atomic E-state index is 6.59. The Balaban J connectivity index is 1.84. The molecule has 1 aromatic carbocycles. The fourth-order valence-corrected chi connectivity index (χ4v) is 5.65. The average molecular weight is 281 g/mol. The molecule has 110 valence electrons. The first-order valence-electron chi connectivity index (χ1n) is 8.31. The van der Waals surface area contributed by atoms with Gasteiger partial charge in [0.15, 0.2) is 0 Å². The minimum Gasteiger partial charge on any atom is -0.488 e. The summed E-state index contributed by atoms with van der Waals surface area (Å²) >= 11 is 0. The van der Waals surface area contributed by atoms with Crippen molar-refractivity contribution in [2.24, 2.45) is 11.8 Å². The van der Waals surface area contributed by atoms with Gasteiger partial charge in [0.25, 0.3) is 0 Å². The molecule has 0 radical (unpaired) electrons. The molecule has 2 aliphatic heterocycles. The van der Waals surface area contributed by atoms with Crippen LogP contribution >= 0.6 is 0 Å². The quantitative estimate of drug-likeness (QED) is 0.678. The third-order valence-electron chi connectivity index (χ3n) is 6.64. The molecule has 2 heterocycles. The van der Waals surface area contributed by atoms with E-state index in [4.69, 9.17) is 4.74 Å². The van der Waals surface area contributed by atoms with E-state index in [-0.39, 0.29) is 5.41 Å². The summed E-state index contributed by atoms with van der Waals surface area (Å²) in [6.45, 7) is 5.74. The maximum atomic E-state index is 6.59. The Morgan fingerprint density at radius 2 is 2.14 bits per heavy atom. The van der Waals surface area contributed by atoms with E-state index in [0.29, 0.717) is 24.0 Å². The molecule has 21 heavy (non-hydrogen) atoms.